The van der Waals surface area contributed by atoms with Crippen molar-refractivity contribution in [3.63, 3.8) is 0 Å². The molecule has 1 aliphatic rings. The summed E-state index contributed by atoms with van der Waals surface area (Å²) in [5.41, 5.74) is 1.65. The Bertz CT molecular complexity index is 900. The van der Waals surface area contributed by atoms with Gasteiger partial charge >= 0.3 is 0 Å². The Kier molecular flexibility index (Phi) is 4.51. The van der Waals surface area contributed by atoms with E-state index in [1.54, 1.807) is 12.1 Å². The van der Waals surface area contributed by atoms with E-state index in [0.29, 0.717) is 0 Å². The van der Waals surface area contributed by atoms with Crippen LogP contribution in [-0.4, -0.2) is 39.6 Å². The predicted octanol–water partition coefficient (Wildman–Crippen LogP) is 2.20. The number of nitrogens with one attached hydrogen (secondary N) is 1. The maximum atomic E-state index is 12.9. The minimum Gasteiger partial charge on any atom is -0.353 e. The molecule has 3 heterocycles. The fourth-order valence-corrected chi connectivity index (χ4v) is 3.33. The number of halogens is 1. The molecule has 0 radical (unpaired) electrons. The van der Waals surface area contributed by atoms with E-state index in [9.17, 15) is 9.18 Å². The Hall–Kier alpha value is -2.96. The van der Waals surface area contributed by atoms with Gasteiger partial charge in [-0.1, -0.05) is 18.2 Å². The van der Waals surface area contributed by atoms with Crippen molar-refractivity contribution < 1.29 is 9.18 Å². The van der Waals surface area contributed by atoms with Crippen molar-refractivity contribution in [1.82, 2.24) is 19.9 Å². The van der Waals surface area contributed by atoms with E-state index in [2.05, 4.69) is 20.4 Å². The summed E-state index contributed by atoms with van der Waals surface area (Å²) in [6.07, 6.45) is 3.95. The van der Waals surface area contributed by atoms with Gasteiger partial charge in [0.25, 0.3) is 0 Å². The number of anilines is 1. The highest BCUT2D eigenvalue weighted by atomic mass is 19.1. The normalized spacial score (nSPS) is 15.3. The zero-order valence-electron chi connectivity index (χ0n) is 14.3. The average molecular weight is 353 g/mol. The van der Waals surface area contributed by atoms with Gasteiger partial charge in [-0.3, -0.25) is 9.20 Å². The number of hydrogen-bond donors (Lipinski definition) is 1. The lowest BCUT2D eigenvalue weighted by Crippen LogP contribution is -2.45. The van der Waals surface area contributed by atoms with Crippen LogP contribution in [-0.2, 0) is 11.2 Å². The Morgan fingerprint density at radius 3 is 2.65 bits per heavy atom. The molecule has 4 rings (SSSR count). The molecule has 6 nitrogen and oxygen atoms in total. The molecule has 0 aliphatic carbocycles. The molecule has 0 unspecified atom stereocenters. The van der Waals surface area contributed by atoms with Gasteiger partial charge in [-0.2, -0.15) is 0 Å². The Morgan fingerprint density at radius 1 is 1.12 bits per heavy atom. The molecule has 134 valence electrons. The third-order valence-electron chi connectivity index (χ3n) is 4.72. The van der Waals surface area contributed by atoms with E-state index in [-0.39, 0.29) is 24.2 Å². The lowest BCUT2D eigenvalue weighted by atomic mass is 10.0. The summed E-state index contributed by atoms with van der Waals surface area (Å²) in [5.74, 6) is 0.530. The van der Waals surface area contributed by atoms with Crippen molar-refractivity contribution in [2.24, 2.45) is 0 Å². The molecule has 0 atom stereocenters. The number of aromatic nitrogens is 3. The third kappa shape index (κ3) is 3.51. The van der Waals surface area contributed by atoms with Gasteiger partial charge in [0.2, 0.25) is 11.9 Å². The topological polar surface area (TPSA) is 62.5 Å². The summed E-state index contributed by atoms with van der Waals surface area (Å²) >= 11 is 0. The highest BCUT2D eigenvalue weighted by Crippen LogP contribution is 2.19. The van der Waals surface area contributed by atoms with Crippen molar-refractivity contribution in [2.75, 3.05) is 18.0 Å². The van der Waals surface area contributed by atoms with Gasteiger partial charge in [-0.25, -0.2) is 4.39 Å². The molecule has 1 aliphatic heterocycles. The van der Waals surface area contributed by atoms with Crippen LogP contribution < -0.4 is 10.2 Å². The molecule has 1 saturated heterocycles. The van der Waals surface area contributed by atoms with E-state index in [4.69, 9.17) is 0 Å². The van der Waals surface area contributed by atoms with Crippen molar-refractivity contribution in [1.29, 1.82) is 0 Å². The van der Waals surface area contributed by atoms with Crippen LogP contribution in [0.5, 0.6) is 0 Å². The molecule has 1 N–H and O–H groups in total. The number of carbonyl (C=O) groups excluding carboxylic acids is 1. The van der Waals surface area contributed by atoms with Crippen molar-refractivity contribution >= 4 is 17.5 Å². The molecular formula is C19H20FN5O. The first-order valence-corrected chi connectivity index (χ1v) is 8.77. The van der Waals surface area contributed by atoms with E-state index in [1.807, 2.05) is 28.8 Å². The molecule has 3 aromatic rings. The molecular weight excluding hydrogens is 333 g/mol. The predicted molar refractivity (Wildman–Crippen MR) is 96.5 cm³/mol. The lowest BCUT2D eigenvalue weighted by molar-refractivity contribution is -0.121. The number of benzene rings is 1. The monoisotopic (exact) mass is 353 g/mol. The van der Waals surface area contributed by atoms with Crippen LogP contribution in [0.1, 0.15) is 18.4 Å². The quantitative estimate of drug-likeness (QED) is 0.781. The second-order valence-electron chi connectivity index (χ2n) is 6.56. The number of hydrogen-bond acceptors (Lipinski definition) is 4. The summed E-state index contributed by atoms with van der Waals surface area (Å²) < 4.78 is 14.9. The SMILES string of the molecule is O=C(Cc1ccc(F)cc1)NC1CCN(c2nnc3ccccn23)CC1. The smallest absolute Gasteiger partial charge is 0.231 e. The molecule has 0 spiro atoms. The zero-order chi connectivity index (χ0) is 17.9. The highest BCUT2D eigenvalue weighted by molar-refractivity contribution is 5.78. The Morgan fingerprint density at radius 2 is 1.88 bits per heavy atom. The van der Waals surface area contributed by atoms with Crippen LogP contribution in [0.15, 0.2) is 48.7 Å². The second-order valence-corrected chi connectivity index (χ2v) is 6.56. The summed E-state index contributed by atoms with van der Waals surface area (Å²) in [4.78, 5) is 14.4. The molecule has 7 heteroatoms. The minimum atomic E-state index is -0.289. The van der Waals surface area contributed by atoms with Crippen molar-refractivity contribution in [3.8, 4) is 0 Å². The number of rotatable bonds is 4. The first kappa shape index (κ1) is 16.5. The fourth-order valence-electron chi connectivity index (χ4n) is 3.33. The molecule has 1 amide bonds. The van der Waals surface area contributed by atoms with Crippen LogP contribution in [0.2, 0.25) is 0 Å². The van der Waals surface area contributed by atoms with E-state index >= 15 is 0 Å². The van der Waals surface area contributed by atoms with Gasteiger partial charge in [0.05, 0.1) is 6.42 Å². The lowest BCUT2D eigenvalue weighted by Gasteiger charge is -2.32. The van der Waals surface area contributed by atoms with Crippen LogP contribution >= 0.6 is 0 Å². The largest absolute Gasteiger partial charge is 0.353 e. The number of fused-ring (bicyclic) bond motifs is 1. The molecule has 2 aromatic heterocycles. The van der Waals surface area contributed by atoms with Gasteiger partial charge in [0.1, 0.15) is 5.82 Å². The standard InChI is InChI=1S/C19H20FN5O/c20-15-6-4-14(5-7-15)13-18(26)21-16-8-11-24(12-9-16)19-23-22-17-3-1-2-10-25(17)19/h1-7,10,16H,8-9,11-13H2,(H,21,26). The van der Waals surface area contributed by atoms with E-state index in [0.717, 1.165) is 43.1 Å². The number of nitrogens with zero attached hydrogens (tertiary/aromatic N) is 4. The van der Waals surface area contributed by atoms with Crippen LogP contribution in [0.3, 0.4) is 0 Å². The number of pyridine rings is 1. The number of amides is 1. The first-order valence-electron chi connectivity index (χ1n) is 8.77. The molecule has 1 fully saturated rings. The molecule has 0 bridgehead atoms. The number of carbonyl (C=O) groups is 1. The zero-order valence-corrected chi connectivity index (χ0v) is 14.3. The van der Waals surface area contributed by atoms with Gasteiger partial charge < -0.3 is 10.2 Å². The first-order chi connectivity index (χ1) is 12.7. The van der Waals surface area contributed by atoms with Crippen LogP contribution in [0.25, 0.3) is 5.65 Å². The van der Waals surface area contributed by atoms with E-state index < -0.39 is 0 Å². The minimum absolute atomic E-state index is 0.0250. The summed E-state index contributed by atoms with van der Waals surface area (Å²) in [7, 11) is 0. The number of piperidine rings is 1. The van der Waals surface area contributed by atoms with Gasteiger partial charge in [-0.05, 0) is 42.7 Å². The van der Waals surface area contributed by atoms with E-state index in [1.165, 1.54) is 12.1 Å². The molecule has 26 heavy (non-hydrogen) atoms. The van der Waals surface area contributed by atoms with Crippen molar-refractivity contribution in [3.05, 3.63) is 60.0 Å². The fraction of sp³-hybridized carbons (Fsp3) is 0.316. The van der Waals surface area contributed by atoms with Gasteiger partial charge in [-0.15, -0.1) is 10.2 Å². The second kappa shape index (κ2) is 7.11. The van der Waals surface area contributed by atoms with Crippen LogP contribution in [0, 0.1) is 5.82 Å². The maximum Gasteiger partial charge on any atom is 0.231 e. The molecule has 0 saturated carbocycles. The summed E-state index contributed by atoms with van der Waals surface area (Å²) in [6, 6.07) is 12.0. The maximum absolute atomic E-state index is 12.9. The van der Waals surface area contributed by atoms with Crippen LogP contribution in [0.4, 0.5) is 10.3 Å². The molecule has 1 aromatic carbocycles. The average Bonchev–Trinajstić information content (AvgIpc) is 3.08. The summed E-state index contributed by atoms with van der Waals surface area (Å²) in [5, 5.41) is 11.6. The summed E-state index contributed by atoms with van der Waals surface area (Å²) in [6.45, 7) is 1.63. The van der Waals surface area contributed by atoms with Gasteiger partial charge in [0.15, 0.2) is 5.65 Å². The Labute approximate surface area is 150 Å². The van der Waals surface area contributed by atoms with Gasteiger partial charge in [0, 0.05) is 25.3 Å². The third-order valence-corrected chi connectivity index (χ3v) is 4.72. The highest BCUT2D eigenvalue weighted by Gasteiger charge is 2.23. The van der Waals surface area contributed by atoms with Crippen molar-refractivity contribution in [2.45, 2.75) is 25.3 Å². The Balaban J connectivity index is 1.32.